The Kier molecular flexibility index (Phi) is 4.61. The Hall–Kier alpha value is -2.04. The fourth-order valence-corrected chi connectivity index (χ4v) is 2.54. The summed E-state index contributed by atoms with van der Waals surface area (Å²) in [7, 11) is 0. The van der Waals surface area contributed by atoms with E-state index in [0.29, 0.717) is 12.5 Å². The van der Waals surface area contributed by atoms with Crippen molar-refractivity contribution in [3.63, 3.8) is 0 Å². The van der Waals surface area contributed by atoms with Crippen LogP contribution in [0.2, 0.25) is 0 Å². The van der Waals surface area contributed by atoms with Crippen molar-refractivity contribution in [1.82, 2.24) is 4.90 Å². The molecule has 5 nitrogen and oxygen atoms in total. The van der Waals surface area contributed by atoms with E-state index in [4.69, 9.17) is 10.9 Å². The molecule has 1 amide bonds. The number of amidine groups is 1. The first-order chi connectivity index (χ1) is 9.67. The molecule has 0 heterocycles. The predicted octanol–water partition coefficient (Wildman–Crippen LogP) is 1.78. The van der Waals surface area contributed by atoms with Crippen LogP contribution >= 0.6 is 0 Å². The third-order valence-electron chi connectivity index (χ3n) is 3.62. The minimum Gasteiger partial charge on any atom is -0.409 e. The largest absolute Gasteiger partial charge is 0.409 e. The van der Waals surface area contributed by atoms with Gasteiger partial charge in [0.05, 0.1) is 6.54 Å². The van der Waals surface area contributed by atoms with Crippen LogP contribution < -0.4 is 5.73 Å². The van der Waals surface area contributed by atoms with Crippen LogP contribution in [-0.4, -0.2) is 34.9 Å². The van der Waals surface area contributed by atoms with Gasteiger partial charge in [-0.25, -0.2) is 0 Å². The van der Waals surface area contributed by atoms with Crippen molar-refractivity contribution in [2.45, 2.75) is 25.7 Å². The summed E-state index contributed by atoms with van der Waals surface area (Å²) in [5.41, 5.74) is 6.73. The fraction of sp³-hybridized carbons (Fsp3) is 0.467. The van der Waals surface area contributed by atoms with Crippen molar-refractivity contribution in [2.24, 2.45) is 16.8 Å². The van der Waals surface area contributed by atoms with E-state index in [1.165, 1.54) is 5.56 Å². The number of carbonyl (C=O) groups excluding carboxylic acids is 1. The molecular weight excluding hydrogens is 254 g/mol. The molecule has 2 rings (SSSR count). The summed E-state index contributed by atoms with van der Waals surface area (Å²) in [6.45, 7) is 2.84. The molecule has 1 aliphatic carbocycles. The first-order valence-electron chi connectivity index (χ1n) is 6.97. The van der Waals surface area contributed by atoms with Crippen LogP contribution in [0.25, 0.3) is 0 Å². The second-order valence-corrected chi connectivity index (χ2v) is 5.21. The third-order valence-corrected chi connectivity index (χ3v) is 3.62. The molecule has 20 heavy (non-hydrogen) atoms. The van der Waals surface area contributed by atoms with Crippen molar-refractivity contribution < 1.29 is 10.0 Å². The van der Waals surface area contributed by atoms with E-state index in [9.17, 15) is 4.79 Å². The number of carbonyl (C=O) groups is 1. The van der Waals surface area contributed by atoms with Gasteiger partial charge in [0.2, 0.25) is 5.91 Å². The minimum atomic E-state index is 0.0374. The number of benzene rings is 1. The smallest absolute Gasteiger partial charge is 0.226 e. The fourth-order valence-electron chi connectivity index (χ4n) is 2.54. The lowest BCUT2D eigenvalue weighted by Gasteiger charge is -2.21. The monoisotopic (exact) mass is 275 g/mol. The summed E-state index contributed by atoms with van der Waals surface area (Å²) >= 11 is 0. The van der Waals surface area contributed by atoms with Gasteiger partial charge < -0.3 is 15.8 Å². The van der Waals surface area contributed by atoms with Crippen LogP contribution in [0.5, 0.6) is 0 Å². The van der Waals surface area contributed by atoms with Crippen LogP contribution in [-0.2, 0) is 4.79 Å². The van der Waals surface area contributed by atoms with Crippen molar-refractivity contribution in [2.75, 3.05) is 13.1 Å². The van der Waals surface area contributed by atoms with E-state index in [0.717, 1.165) is 12.8 Å². The first kappa shape index (κ1) is 14.4. The number of nitrogens with zero attached hydrogens (tertiary/aromatic N) is 2. The zero-order valence-electron chi connectivity index (χ0n) is 11.7. The Bertz CT molecular complexity index is 487. The molecule has 108 valence electrons. The van der Waals surface area contributed by atoms with Crippen molar-refractivity contribution in [1.29, 1.82) is 0 Å². The molecule has 2 unspecified atom stereocenters. The highest BCUT2D eigenvalue weighted by atomic mass is 16.4. The zero-order valence-corrected chi connectivity index (χ0v) is 11.7. The standard InChI is InChI=1S/C15H21N3O2/c1-2-8-18(10-14(16)17-20)15(19)13-9-12(13)11-6-4-3-5-7-11/h3-7,12-13,20H,2,8-10H2,1H3,(H2,16,17). The molecule has 2 atom stereocenters. The second-order valence-electron chi connectivity index (χ2n) is 5.21. The van der Waals surface area contributed by atoms with Crippen LogP contribution in [0.15, 0.2) is 35.5 Å². The zero-order chi connectivity index (χ0) is 14.5. The van der Waals surface area contributed by atoms with E-state index >= 15 is 0 Å². The van der Waals surface area contributed by atoms with Gasteiger partial charge in [0, 0.05) is 12.5 Å². The van der Waals surface area contributed by atoms with Crippen LogP contribution in [0, 0.1) is 5.92 Å². The number of oxime groups is 1. The Morgan fingerprint density at radius 2 is 2.15 bits per heavy atom. The Labute approximate surface area is 119 Å². The molecule has 0 aromatic heterocycles. The number of hydrogen-bond acceptors (Lipinski definition) is 3. The summed E-state index contributed by atoms with van der Waals surface area (Å²) in [5.74, 6) is 0.529. The van der Waals surface area contributed by atoms with E-state index < -0.39 is 0 Å². The average Bonchev–Trinajstić information content (AvgIpc) is 3.27. The van der Waals surface area contributed by atoms with E-state index in [1.54, 1.807) is 4.90 Å². The number of nitrogens with two attached hydrogens (primary N) is 1. The minimum absolute atomic E-state index is 0.0374. The van der Waals surface area contributed by atoms with Crippen LogP contribution in [0.1, 0.15) is 31.2 Å². The maximum atomic E-state index is 12.5. The predicted molar refractivity (Wildman–Crippen MR) is 77.6 cm³/mol. The summed E-state index contributed by atoms with van der Waals surface area (Å²) < 4.78 is 0. The molecule has 0 radical (unpaired) electrons. The van der Waals surface area contributed by atoms with Gasteiger partial charge in [0.1, 0.15) is 0 Å². The molecule has 0 bridgehead atoms. The van der Waals surface area contributed by atoms with Crippen LogP contribution in [0.4, 0.5) is 0 Å². The maximum absolute atomic E-state index is 12.5. The van der Waals surface area contributed by atoms with E-state index in [-0.39, 0.29) is 24.2 Å². The van der Waals surface area contributed by atoms with Gasteiger partial charge in [-0.15, -0.1) is 0 Å². The molecule has 1 aromatic carbocycles. The van der Waals surface area contributed by atoms with Gasteiger partial charge in [-0.1, -0.05) is 42.4 Å². The quantitative estimate of drug-likeness (QED) is 0.359. The summed E-state index contributed by atoms with van der Waals surface area (Å²) in [4.78, 5) is 14.1. The molecule has 1 fully saturated rings. The molecule has 0 aliphatic heterocycles. The van der Waals surface area contributed by atoms with Gasteiger partial charge >= 0.3 is 0 Å². The highest BCUT2D eigenvalue weighted by molar-refractivity contribution is 5.89. The highest BCUT2D eigenvalue weighted by Gasteiger charge is 2.45. The lowest BCUT2D eigenvalue weighted by atomic mass is 10.1. The normalized spacial score (nSPS) is 21.6. The first-order valence-corrected chi connectivity index (χ1v) is 6.97. The van der Waals surface area contributed by atoms with Crippen molar-refractivity contribution >= 4 is 11.7 Å². The van der Waals surface area contributed by atoms with E-state index in [1.807, 2.05) is 25.1 Å². The molecular formula is C15H21N3O2. The maximum Gasteiger partial charge on any atom is 0.226 e. The van der Waals surface area contributed by atoms with Crippen molar-refractivity contribution in [3.05, 3.63) is 35.9 Å². The average molecular weight is 275 g/mol. The SMILES string of the molecule is CCCN(C/C(N)=N/O)C(=O)C1CC1c1ccccc1. The molecule has 5 heteroatoms. The molecule has 0 spiro atoms. The summed E-state index contributed by atoms with van der Waals surface area (Å²) in [5, 5.41) is 11.6. The molecule has 1 saturated carbocycles. The van der Waals surface area contributed by atoms with Gasteiger partial charge in [-0.3, -0.25) is 4.79 Å². The van der Waals surface area contributed by atoms with Gasteiger partial charge in [0.25, 0.3) is 0 Å². The topological polar surface area (TPSA) is 78.9 Å². The molecule has 0 saturated heterocycles. The Morgan fingerprint density at radius 1 is 1.45 bits per heavy atom. The van der Waals surface area contributed by atoms with Gasteiger partial charge in [-0.2, -0.15) is 0 Å². The number of hydrogen-bond donors (Lipinski definition) is 2. The molecule has 3 N–H and O–H groups in total. The third kappa shape index (κ3) is 3.29. The Morgan fingerprint density at radius 3 is 2.75 bits per heavy atom. The highest BCUT2D eigenvalue weighted by Crippen LogP contribution is 2.48. The lowest BCUT2D eigenvalue weighted by Crippen LogP contribution is -2.40. The molecule has 1 aliphatic rings. The van der Waals surface area contributed by atoms with E-state index in [2.05, 4.69) is 17.3 Å². The van der Waals surface area contributed by atoms with Crippen LogP contribution in [0.3, 0.4) is 0 Å². The number of amides is 1. The Balaban J connectivity index is 1.99. The summed E-state index contributed by atoms with van der Waals surface area (Å²) in [6, 6.07) is 10.1. The number of rotatable bonds is 6. The molecule has 1 aromatic rings. The van der Waals surface area contributed by atoms with Gasteiger partial charge in [-0.05, 0) is 24.3 Å². The van der Waals surface area contributed by atoms with Crippen molar-refractivity contribution in [3.8, 4) is 0 Å². The second kappa shape index (κ2) is 6.41. The lowest BCUT2D eigenvalue weighted by molar-refractivity contribution is -0.132. The van der Waals surface area contributed by atoms with Gasteiger partial charge in [0.15, 0.2) is 5.84 Å². The summed E-state index contributed by atoms with van der Waals surface area (Å²) in [6.07, 6.45) is 1.74.